The van der Waals surface area contributed by atoms with E-state index in [4.69, 9.17) is 22.4 Å². The number of aromatic hydroxyl groups is 1. The van der Waals surface area contributed by atoms with Gasteiger partial charge in [0.15, 0.2) is 0 Å². The van der Waals surface area contributed by atoms with Gasteiger partial charge < -0.3 is 15.9 Å². The van der Waals surface area contributed by atoms with Crippen LogP contribution in [0.1, 0.15) is 41.1 Å². The van der Waals surface area contributed by atoms with Crippen molar-refractivity contribution in [3.05, 3.63) is 27.3 Å². The van der Waals surface area contributed by atoms with E-state index in [2.05, 4.69) is 0 Å². The average molecular weight is 270 g/mol. The van der Waals surface area contributed by atoms with Gasteiger partial charge in [-0.2, -0.15) is 0 Å². The lowest BCUT2D eigenvalue weighted by Gasteiger charge is -2.24. The van der Waals surface area contributed by atoms with Crippen molar-refractivity contribution in [3.8, 4) is 5.75 Å². The molecular formula is C13H16ClNO3. The Labute approximate surface area is 110 Å². The van der Waals surface area contributed by atoms with E-state index in [1.165, 1.54) is 0 Å². The SMILES string of the molecule is Cc1c2c(c(Cl)c(O)c1C(N)C(=O)O)CCCC2. The number of halogens is 1. The van der Waals surface area contributed by atoms with Crippen LogP contribution in [-0.4, -0.2) is 16.2 Å². The molecule has 2 rings (SSSR count). The van der Waals surface area contributed by atoms with E-state index >= 15 is 0 Å². The summed E-state index contributed by atoms with van der Waals surface area (Å²) in [6.07, 6.45) is 3.78. The van der Waals surface area contributed by atoms with Gasteiger partial charge in [-0.3, -0.25) is 4.79 Å². The first-order valence-corrected chi connectivity index (χ1v) is 6.34. The molecule has 1 aliphatic rings. The molecule has 1 unspecified atom stereocenters. The third-order valence-corrected chi connectivity index (χ3v) is 4.04. The van der Waals surface area contributed by atoms with Gasteiger partial charge in [-0.15, -0.1) is 0 Å². The highest BCUT2D eigenvalue weighted by Crippen LogP contribution is 2.42. The Hall–Kier alpha value is -1.26. The van der Waals surface area contributed by atoms with Crippen LogP contribution in [0.3, 0.4) is 0 Å². The van der Waals surface area contributed by atoms with Gasteiger partial charge in [0.1, 0.15) is 11.8 Å². The van der Waals surface area contributed by atoms with Crippen molar-refractivity contribution in [2.75, 3.05) is 0 Å². The number of carboxylic acids is 1. The number of carbonyl (C=O) groups is 1. The van der Waals surface area contributed by atoms with E-state index in [1.54, 1.807) is 6.92 Å². The van der Waals surface area contributed by atoms with Crippen molar-refractivity contribution in [3.63, 3.8) is 0 Å². The molecule has 1 atom stereocenters. The van der Waals surface area contributed by atoms with Gasteiger partial charge in [0, 0.05) is 5.56 Å². The monoisotopic (exact) mass is 269 g/mol. The van der Waals surface area contributed by atoms with E-state index in [1.807, 2.05) is 0 Å². The van der Waals surface area contributed by atoms with Gasteiger partial charge in [0.2, 0.25) is 0 Å². The van der Waals surface area contributed by atoms with Gasteiger partial charge in [-0.25, -0.2) is 0 Å². The average Bonchev–Trinajstić information content (AvgIpc) is 2.36. The van der Waals surface area contributed by atoms with Crippen LogP contribution in [0.2, 0.25) is 5.02 Å². The molecule has 0 radical (unpaired) electrons. The molecular weight excluding hydrogens is 254 g/mol. The number of nitrogens with two attached hydrogens (primary N) is 1. The molecule has 1 aromatic rings. The van der Waals surface area contributed by atoms with Crippen LogP contribution in [0.25, 0.3) is 0 Å². The minimum absolute atomic E-state index is 0.176. The normalized spacial score (nSPS) is 16.2. The van der Waals surface area contributed by atoms with Crippen molar-refractivity contribution in [2.45, 2.75) is 38.6 Å². The standard InChI is InChI=1S/C13H16ClNO3/c1-6-7-4-2-3-5-8(7)10(14)12(16)9(6)11(15)13(17)18/h11,16H,2-5,15H2,1H3,(H,17,18). The lowest BCUT2D eigenvalue weighted by atomic mass is 9.84. The third-order valence-electron chi connectivity index (χ3n) is 3.63. The third kappa shape index (κ3) is 1.95. The summed E-state index contributed by atoms with van der Waals surface area (Å²) in [4.78, 5) is 11.0. The van der Waals surface area contributed by atoms with E-state index in [9.17, 15) is 9.90 Å². The fourth-order valence-corrected chi connectivity index (χ4v) is 2.98. The van der Waals surface area contributed by atoms with Crippen LogP contribution in [0.4, 0.5) is 0 Å². The Morgan fingerprint density at radius 1 is 1.33 bits per heavy atom. The van der Waals surface area contributed by atoms with Gasteiger partial charge >= 0.3 is 5.97 Å². The molecule has 4 N–H and O–H groups in total. The number of hydrogen-bond acceptors (Lipinski definition) is 3. The molecule has 0 fully saturated rings. The summed E-state index contributed by atoms with van der Waals surface area (Å²) < 4.78 is 0. The van der Waals surface area contributed by atoms with Gasteiger partial charge in [-0.05, 0) is 49.3 Å². The highest BCUT2D eigenvalue weighted by atomic mass is 35.5. The zero-order chi connectivity index (χ0) is 13.4. The van der Waals surface area contributed by atoms with Crippen molar-refractivity contribution >= 4 is 17.6 Å². The van der Waals surface area contributed by atoms with Crippen LogP contribution in [-0.2, 0) is 17.6 Å². The van der Waals surface area contributed by atoms with E-state index < -0.39 is 12.0 Å². The molecule has 98 valence electrons. The zero-order valence-electron chi connectivity index (χ0n) is 10.2. The van der Waals surface area contributed by atoms with Crippen LogP contribution < -0.4 is 5.73 Å². The summed E-state index contributed by atoms with van der Waals surface area (Å²) in [6.45, 7) is 1.80. The van der Waals surface area contributed by atoms with E-state index in [0.29, 0.717) is 0 Å². The quantitative estimate of drug-likeness (QED) is 0.769. The number of rotatable bonds is 2. The number of carboxylic acid groups (broad SMARTS) is 1. The molecule has 0 aliphatic heterocycles. The number of aliphatic carboxylic acids is 1. The molecule has 0 saturated heterocycles. The molecule has 0 amide bonds. The summed E-state index contributed by atoms with van der Waals surface area (Å²) in [5, 5.41) is 19.3. The minimum Gasteiger partial charge on any atom is -0.506 e. The summed E-state index contributed by atoms with van der Waals surface area (Å²) in [7, 11) is 0. The second-order valence-electron chi connectivity index (χ2n) is 4.68. The molecule has 0 aromatic heterocycles. The topological polar surface area (TPSA) is 83.5 Å². The smallest absolute Gasteiger partial charge is 0.325 e. The summed E-state index contributed by atoms with van der Waals surface area (Å²) >= 11 is 6.14. The number of phenolic OH excluding ortho intramolecular Hbond substituents is 1. The van der Waals surface area contributed by atoms with Crippen LogP contribution >= 0.6 is 11.6 Å². The first-order valence-electron chi connectivity index (χ1n) is 5.96. The molecule has 4 nitrogen and oxygen atoms in total. The molecule has 0 heterocycles. The van der Waals surface area contributed by atoms with Crippen LogP contribution in [0.5, 0.6) is 5.75 Å². The Bertz CT molecular complexity index is 514. The molecule has 0 bridgehead atoms. The first-order chi connectivity index (χ1) is 8.45. The highest BCUT2D eigenvalue weighted by molar-refractivity contribution is 6.33. The Kier molecular flexibility index (Phi) is 3.50. The fourth-order valence-electron chi connectivity index (χ4n) is 2.67. The molecule has 18 heavy (non-hydrogen) atoms. The molecule has 1 aromatic carbocycles. The summed E-state index contributed by atoms with van der Waals surface area (Å²) in [5.41, 5.74) is 8.63. The molecule has 1 aliphatic carbocycles. The van der Waals surface area contributed by atoms with Crippen LogP contribution in [0.15, 0.2) is 0 Å². The highest BCUT2D eigenvalue weighted by Gasteiger charge is 2.28. The maximum absolute atomic E-state index is 11.0. The second kappa shape index (κ2) is 4.78. The molecule has 0 spiro atoms. The van der Waals surface area contributed by atoms with Crippen molar-refractivity contribution in [1.82, 2.24) is 0 Å². The second-order valence-corrected chi connectivity index (χ2v) is 5.06. The Morgan fingerprint density at radius 2 is 1.89 bits per heavy atom. The molecule has 0 saturated carbocycles. The largest absolute Gasteiger partial charge is 0.506 e. The predicted molar refractivity (Wildman–Crippen MR) is 69.1 cm³/mol. The predicted octanol–water partition coefficient (Wildman–Crippen LogP) is 2.32. The lowest BCUT2D eigenvalue weighted by Crippen LogP contribution is -2.23. The number of fused-ring (bicyclic) bond motifs is 1. The van der Waals surface area contributed by atoms with Crippen molar-refractivity contribution < 1.29 is 15.0 Å². The van der Waals surface area contributed by atoms with Crippen LogP contribution in [0, 0.1) is 6.92 Å². The Balaban J connectivity index is 2.68. The fraction of sp³-hybridized carbons (Fsp3) is 0.462. The first kappa shape index (κ1) is 13.2. The van der Waals surface area contributed by atoms with Gasteiger partial charge in [-0.1, -0.05) is 11.6 Å². The number of phenols is 1. The van der Waals surface area contributed by atoms with Gasteiger partial charge in [0.05, 0.1) is 5.02 Å². The van der Waals surface area contributed by atoms with Crippen molar-refractivity contribution in [2.24, 2.45) is 5.73 Å². The maximum atomic E-state index is 11.0. The Morgan fingerprint density at radius 3 is 2.44 bits per heavy atom. The number of benzene rings is 1. The zero-order valence-corrected chi connectivity index (χ0v) is 10.9. The van der Waals surface area contributed by atoms with Gasteiger partial charge in [0.25, 0.3) is 0 Å². The molecule has 5 heteroatoms. The van der Waals surface area contributed by atoms with E-state index in [0.717, 1.165) is 42.4 Å². The minimum atomic E-state index is -1.24. The van der Waals surface area contributed by atoms with E-state index in [-0.39, 0.29) is 16.3 Å². The summed E-state index contributed by atoms with van der Waals surface area (Å²) in [6, 6.07) is -1.24. The summed E-state index contributed by atoms with van der Waals surface area (Å²) in [5.74, 6) is -1.34. The van der Waals surface area contributed by atoms with Crippen molar-refractivity contribution in [1.29, 1.82) is 0 Å². The number of hydrogen-bond donors (Lipinski definition) is 3. The lowest BCUT2D eigenvalue weighted by molar-refractivity contribution is -0.138. The maximum Gasteiger partial charge on any atom is 0.325 e.